The van der Waals surface area contributed by atoms with Gasteiger partial charge < -0.3 is 15.2 Å². The molecule has 5 heteroatoms. The highest BCUT2D eigenvalue weighted by Crippen LogP contribution is 2.23. The van der Waals surface area contributed by atoms with Crippen molar-refractivity contribution in [3.8, 4) is 0 Å². The van der Waals surface area contributed by atoms with E-state index in [-0.39, 0.29) is 5.91 Å². The summed E-state index contributed by atoms with van der Waals surface area (Å²) in [5.74, 6) is 0.681. The average Bonchev–Trinajstić information content (AvgIpc) is 3.18. The van der Waals surface area contributed by atoms with Crippen molar-refractivity contribution in [1.29, 1.82) is 0 Å². The van der Waals surface area contributed by atoms with Crippen LogP contribution < -0.4 is 10.2 Å². The Kier molecular flexibility index (Phi) is 5.56. The van der Waals surface area contributed by atoms with Crippen LogP contribution in [0.2, 0.25) is 0 Å². The molecule has 0 saturated heterocycles. The zero-order valence-electron chi connectivity index (χ0n) is 16.4. The van der Waals surface area contributed by atoms with E-state index >= 15 is 0 Å². The second-order valence-corrected chi connectivity index (χ2v) is 6.85. The maximum absolute atomic E-state index is 12.7. The summed E-state index contributed by atoms with van der Waals surface area (Å²) >= 11 is 0. The van der Waals surface area contributed by atoms with Crippen LogP contribution in [0, 0.1) is 0 Å². The van der Waals surface area contributed by atoms with Gasteiger partial charge in [-0.2, -0.15) is 0 Å². The quantitative estimate of drug-likeness (QED) is 0.486. The zero-order valence-corrected chi connectivity index (χ0v) is 16.4. The number of nitrogens with one attached hydrogen (secondary N) is 2. The summed E-state index contributed by atoms with van der Waals surface area (Å²) in [5, 5.41) is 4.23. The van der Waals surface area contributed by atoms with E-state index in [4.69, 9.17) is 0 Å². The number of pyridine rings is 1. The lowest BCUT2D eigenvalue weighted by molar-refractivity contribution is 0.0954. The molecule has 5 nitrogen and oxygen atoms in total. The van der Waals surface area contributed by atoms with Crippen molar-refractivity contribution in [1.82, 2.24) is 15.3 Å². The van der Waals surface area contributed by atoms with Gasteiger partial charge in [0.2, 0.25) is 0 Å². The van der Waals surface area contributed by atoms with Crippen LogP contribution in [0.5, 0.6) is 0 Å². The zero-order chi connectivity index (χ0) is 20.1. The average molecular weight is 384 g/mol. The predicted octanol–water partition coefficient (Wildman–Crippen LogP) is 4.69. The predicted molar refractivity (Wildman–Crippen MR) is 118 cm³/mol. The van der Waals surface area contributed by atoms with Gasteiger partial charge in [-0.05, 0) is 49.2 Å². The molecule has 2 heterocycles. The first kappa shape index (κ1) is 18.7. The first-order valence-corrected chi connectivity index (χ1v) is 9.88. The second kappa shape index (κ2) is 8.61. The maximum atomic E-state index is 12.7. The van der Waals surface area contributed by atoms with E-state index in [0.29, 0.717) is 12.1 Å². The monoisotopic (exact) mass is 384 g/mol. The number of carbonyl (C=O) groups excluding carboxylic acids is 1. The highest BCUT2D eigenvalue weighted by molar-refractivity contribution is 5.95. The van der Waals surface area contributed by atoms with Crippen LogP contribution in [0.1, 0.15) is 22.8 Å². The Morgan fingerprint density at radius 2 is 1.86 bits per heavy atom. The number of aromatic nitrogens is 2. The Labute approximate surface area is 170 Å². The molecule has 4 aromatic rings. The Bertz CT molecular complexity index is 1100. The van der Waals surface area contributed by atoms with Crippen molar-refractivity contribution < 1.29 is 4.79 Å². The van der Waals surface area contributed by atoms with E-state index in [1.165, 1.54) is 10.9 Å². The number of aromatic amines is 1. The molecule has 0 atom stereocenters. The van der Waals surface area contributed by atoms with Gasteiger partial charge in [0.1, 0.15) is 5.82 Å². The normalized spacial score (nSPS) is 10.8. The van der Waals surface area contributed by atoms with Gasteiger partial charge in [0.25, 0.3) is 5.91 Å². The van der Waals surface area contributed by atoms with Crippen LogP contribution in [0.25, 0.3) is 10.9 Å². The Morgan fingerprint density at radius 3 is 2.69 bits per heavy atom. The molecule has 0 aliphatic carbocycles. The van der Waals surface area contributed by atoms with Crippen molar-refractivity contribution >= 4 is 28.3 Å². The van der Waals surface area contributed by atoms with Gasteiger partial charge in [-0.25, -0.2) is 4.98 Å². The third-order valence-corrected chi connectivity index (χ3v) is 5.02. The molecule has 4 rings (SSSR count). The standard InChI is InChI=1S/C24H24N4O/c1-2-28(20-8-4-3-5-9-20)23-16-18(12-14-25-23)24(29)26-15-13-19-17-27-22-11-7-6-10-21(19)22/h3-12,14,16-17,27H,2,13,15H2,1H3,(H,26,29). The van der Waals surface area contributed by atoms with Crippen molar-refractivity contribution in [2.75, 3.05) is 18.0 Å². The number of amides is 1. The third kappa shape index (κ3) is 4.14. The van der Waals surface area contributed by atoms with Crippen LogP contribution >= 0.6 is 0 Å². The van der Waals surface area contributed by atoms with E-state index in [2.05, 4.69) is 39.2 Å². The summed E-state index contributed by atoms with van der Waals surface area (Å²) in [4.78, 5) is 22.5. The first-order chi connectivity index (χ1) is 14.3. The van der Waals surface area contributed by atoms with E-state index in [1.54, 1.807) is 12.3 Å². The van der Waals surface area contributed by atoms with Crippen molar-refractivity contribution in [2.45, 2.75) is 13.3 Å². The molecular weight excluding hydrogens is 360 g/mol. The summed E-state index contributed by atoms with van der Waals surface area (Å²) in [6, 6.07) is 21.9. The number of anilines is 2. The summed E-state index contributed by atoms with van der Waals surface area (Å²) in [6.07, 6.45) is 4.48. The van der Waals surface area contributed by atoms with Gasteiger partial charge >= 0.3 is 0 Å². The molecule has 0 fully saturated rings. The number of hydrogen-bond donors (Lipinski definition) is 2. The van der Waals surface area contributed by atoms with Gasteiger partial charge in [0, 0.05) is 47.6 Å². The molecule has 0 bridgehead atoms. The van der Waals surface area contributed by atoms with Gasteiger partial charge in [-0.3, -0.25) is 4.79 Å². The molecule has 0 spiro atoms. The highest BCUT2D eigenvalue weighted by atomic mass is 16.1. The van der Waals surface area contributed by atoms with Gasteiger partial charge in [0.15, 0.2) is 0 Å². The van der Waals surface area contributed by atoms with Crippen LogP contribution in [0.4, 0.5) is 11.5 Å². The number of para-hydroxylation sites is 2. The number of hydrogen-bond acceptors (Lipinski definition) is 3. The minimum absolute atomic E-state index is 0.0855. The molecule has 29 heavy (non-hydrogen) atoms. The van der Waals surface area contributed by atoms with Crippen LogP contribution in [0.15, 0.2) is 79.1 Å². The molecule has 2 N–H and O–H groups in total. The van der Waals surface area contributed by atoms with Gasteiger partial charge in [-0.15, -0.1) is 0 Å². The number of H-pyrrole nitrogens is 1. The first-order valence-electron chi connectivity index (χ1n) is 9.88. The van der Waals surface area contributed by atoms with Crippen molar-refractivity contribution in [3.63, 3.8) is 0 Å². The SMILES string of the molecule is CCN(c1ccccc1)c1cc(C(=O)NCCc2c[nH]c3ccccc23)ccn1. The fourth-order valence-electron chi connectivity index (χ4n) is 3.54. The molecule has 0 unspecified atom stereocenters. The Hall–Kier alpha value is -3.60. The summed E-state index contributed by atoms with van der Waals surface area (Å²) in [7, 11) is 0. The number of benzene rings is 2. The largest absolute Gasteiger partial charge is 0.361 e. The second-order valence-electron chi connectivity index (χ2n) is 6.85. The van der Waals surface area contributed by atoms with Crippen molar-refractivity contribution in [2.24, 2.45) is 0 Å². The Morgan fingerprint density at radius 1 is 1.07 bits per heavy atom. The molecule has 2 aromatic heterocycles. The number of nitrogens with zero attached hydrogens (tertiary/aromatic N) is 2. The van der Waals surface area contributed by atoms with E-state index in [1.807, 2.05) is 54.7 Å². The van der Waals surface area contributed by atoms with E-state index in [0.717, 1.165) is 30.0 Å². The number of rotatable bonds is 7. The lowest BCUT2D eigenvalue weighted by atomic mass is 10.1. The third-order valence-electron chi connectivity index (χ3n) is 5.02. The molecule has 0 aliphatic heterocycles. The fraction of sp³-hybridized carbons (Fsp3) is 0.167. The van der Waals surface area contributed by atoms with Crippen LogP contribution in [-0.2, 0) is 6.42 Å². The molecule has 1 amide bonds. The molecule has 0 aliphatic rings. The molecular formula is C24H24N4O. The lowest BCUT2D eigenvalue weighted by Gasteiger charge is -2.22. The topological polar surface area (TPSA) is 61.0 Å². The molecule has 0 radical (unpaired) electrons. The smallest absolute Gasteiger partial charge is 0.251 e. The van der Waals surface area contributed by atoms with E-state index < -0.39 is 0 Å². The molecule has 146 valence electrons. The lowest BCUT2D eigenvalue weighted by Crippen LogP contribution is -2.26. The summed E-state index contributed by atoms with van der Waals surface area (Å²) in [5.41, 5.74) is 3.99. The van der Waals surface area contributed by atoms with E-state index in [9.17, 15) is 4.79 Å². The highest BCUT2D eigenvalue weighted by Gasteiger charge is 2.12. The fourth-order valence-corrected chi connectivity index (χ4v) is 3.54. The number of fused-ring (bicyclic) bond motifs is 1. The van der Waals surface area contributed by atoms with Crippen LogP contribution in [-0.4, -0.2) is 29.0 Å². The van der Waals surface area contributed by atoms with Crippen LogP contribution in [0.3, 0.4) is 0 Å². The summed E-state index contributed by atoms with van der Waals surface area (Å²) in [6.45, 7) is 3.42. The van der Waals surface area contributed by atoms with Crippen molar-refractivity contribution in [3.05, 3.63) is 90.3 Å². The Balaban J connectivity index is 1.43. The maximum Gasteiger partial charge on any atom is 0.251 e. The minimum atomic E-state index is -0.0855. The van der Waals surface area contributed by atoms with Gasteiger partial charge in [-0.1, -0.05) is 36.4 Å². The molecule has 0 saturated carbocycles. The van der Waals surface area contributed by atoms with Gasteiger partial charge in [0.05, 0.1) is 0 Å². The minimum Gasteiger partial charge on any atom is -0.361 e. The summed E-state index contributed by atoms with van der Waals surface area (Å²) < 4.78 is 0. The number of carbonyl (C=O) groups is 1. The molecule has 2 aromatic carbocycles.